The van der Waals surface area contributed by atoms with Crippen molar-refractivity contribution in [1.82, 2.24) is 15.1 Å². The van der Waals surface area contributed by atoms with E-state index in [0.717, 1.165) is 103 Å². The lowest BCUT2D eigenvalue weighted by Crippen LogP contribution is -2.32. The summed E-state index contributed by atoms with van der Waals surface area (Å²) in [6.07, 6.45) is 22.0. The van der Waals surface area contributed by atoms with E-state index >= 15 is 0 Å². The lowest BCUT2D eigenvalue weighted by atomic mass is 10.0. The minimum Gasteiger partial charge on any atom is -0.466 e. The van der Waals surface area contributed by atoms with Gasteiger partial charge >= 0.3 is 18.0 Å². The maximum atomic E-state index is 12.6. The first-order chi connectivity index (χ1) is 22.8. The molecule has 0 unspecified atom stereocenters. The Morgan fingerprint density at radius 2 is 1.02 bits per heavy atom. The van der Waals surface area contributed by atoms with Crippen LogP contribution in [-0.2, 0) is 23.8 Å². The molecule has 0 saturated heterocycles. The van der Waals surface area contributed by atoms with Gasteiger partial charge < -0.3 is 29.3 Å². The summed E-state index contributed by atoms with van der Waals surface area (Å²) in [4.78, 5) is 41.1. The van der Waals surface area contributed by atoms with Gasteiger partial charge in [-0.2, -0.15) is 0 Å². The van der Waals surface area contributed by atoms with E-state index in [-0.39, 0.29) is 24.1 Å². The van der Waals surface area contributed by atoms with E-state index in [1.165, 1.54) is 51.4 Å². The zero-order chi connectivity index (χ0) is 34.8. The van der Waals surface area contributed by atoms with Gasteiger partial charge in [0.2, 0.25) is 0 Å². The average molecular weight is 670 g/mol. The SMILES string of the molecule is CCCCCCCC(=O)OCCCCCC(CCCCCOC(=O)CCCCCCC)OC(=O)NCCCN(C)CCCCN(C)C. The summed E-state index contributed by atoms with van der Waals surface area (Å²) in [5.41, 5.74) is 0. The lowest BCUT2D eigenvalue weighted by molar-refractivity contribution is -0.144. The van der Waals surface area contributed by atoms with Gasteiger partial charge in [0, 0.05) is 19.4 Å². The molecule has 0 atom stereocenters. The molecule has 0 heterocycles. The number of amides is 1. The molecule has 0 rings (SSSR count). The van der Waals surface area contributed by atoms with Crippen molar-refractivity contribution in [3.05, 3.63) is 0 Å². The average Bonchev–Trinajstić information content (AvgIpc) is 3.04. The van der Waals surface area contributed by atoms with Crippen LogP contribution in [0.4, 0.5) is 4.79 Å². The van der Waals surface area contributed by atoms with Gasteiger partial charge in [0.25, 0.3) is 0 Å². The van der Waals surface area contributed by atoms with E-state index in [4.69, 9.17) is 14.2 Å². The number of hydrogen-bond donors (Lipinski definition) is 1. The van der Waals surface area contributed by atoms with Crippen LogP contribution in [0.25, 0.3) is 0 Å². The molecule has 0 radical (unpaired) electrons. The van der Waals surface area contributed by atoms with Gasteiger partial charge in [-0.05, 0) is 124 Å². The molecule has 0 aliphatic heterocycles. The van der Waals surface area contributed by atoms with Gasteiger partial charge in [-0.1, -0.05) is 65.2 Å². The van der Waals surface area contributed by atoms with E-state index in [9.17, 15) is 14.4 Å². The predicted molar refractivity (Wildman–Crippen MR) is 194 cm³/mol. The molecule has 9 nitrogen and oxygen atoms in total. The molecule has 1 N–H and O–H groups in total. The van der Waals surface area contributed by atoms with Crippen molar-refractivity contribution in [2.45, 2.75) is 168 Å². The summed E-state index contributed by atoms with van der Waals surface area (Å²) in [5, 5.41) is 2.94. The first kappa shape index (κ1) is 45.1. The number of unbranched alkanes of at least 4 members (excludes halogenated alkanes) is 13. The second-order valence-corrected chi connectivity index (χ2v) is 13.6. The van der Waals surface area contributed by atoms with Gasteiger partial charge in [0.15, 0.2) is 0 Å². The zero-order valence-electron chi connectivity index (χ0n) is 31.4. The van der Waals surface area contributed by atoms with Crippen molar-refractivity contribution in [2.75, 3.05) is 60.5 Å². The summed E-state index contributed by atoms with van der Waals surface area (Å²) in [6.45, 7) is 9.02. The molecule has 278 valence electrons. The second-order valence-electron chi connectivity index (χ2n) is 13.6. The molecular weight excluding hydrogens is 594 g/mol. The smallest absolute Gasteiger partial charge is 0.407 e. The number of ether oxygens (including phenoxy) is 3. The van der Waals surface area contributed by atoms with Crippen molar-refractivity contribution in [1.29, 1.82) is 0 Å². The molecule has 0 spiro atoms. The van der Waals surface area contributed by atoms with E-state index < -0.39 is 0 Å². The summed E-state index contributed by atoms with van der Waals surface area (Å²) in [5.74, 6) is -0.180. The number of nitrogens with one attached hydrogen (secondary N) is 1. The molecule has 0 aromatic carbocycles. The van der Waals surface area contributed by atoms with Crippen molar-refractivity contribution in [3.63, 3.8) is 0 Å². The monoisotopic (exact) mass is 670 g/mol. The Morgan fingerprint density at radius 1 is 0.553 bits per heavy atom. The highest BCUT2D eigenvalue weighted by molar-refractivity contribution is 5.69. The van der Waals surface area contributed by atoms with E-state index in [0.29, 0.717) is 32.6 Å². The number of esters is 2. The molecule has 1 amide bonds. The molecule has 0 bridgehead atoms. The van der Waals surface area contributed by atoms with Crippen LogP contribution in [-0.4, -0.2) is 94.5 Å². The predicted octanol–water partition coefficient (Wildman–Crippen LogP) is 8.67. The zero-order valence-corrected chi connectivity index (χ0v) is 31.4. The molecule has 47 heavy (non-hydrogen) atoms. The minimum absolute atomic E-state index is 0.0902. The number of rotatable bonds is 34. The third kappa shape index (κ3) is 33.8. The van der Waals surface area contributed by atoms with Crippen molar-refractivity contribution < 1.29 is 28.6 Å². The number of hydrogen-bond acceptors (Lipinski definition) is 8. The molecular formula is C38H75N3O6. The number of nitrogens with zero attached hydrogens (tertiary/aromatic N) is 2. The summed E-state index contributed by atoms with van der Waals surface area (Å²) in [6, 6.07) is 0. The van der Waals surface area contributed by atoms with Gasteiger partial charge in [-0.15, -0.1) is 0 Å². The first-order valence-electron chi connectivity index (χ1n) is 19.4. The highest BCUT2D eigenvalue weighted by atomic mass is 16.6. The fraction of sp³-hybridized carbons (Fsp3) is 0.921. The van der Waals surface area contributed by atoms with Gasteiger partial charge in [-0.3, -0.25) is 9.59 Å². The topological polar surface area (TPSA) is 97.4 Å². The van der Waals surface area contributed by atoms with Crippen LogP contribution in [0, 0.1) is 0 Å². The number of carbonyl (C=O) groups is 3. The Hall–Kier alpha value is -1.87. The van der Waals surface area contributed by atoms with Crippen molar-refractivity contribution >= 4 is 18.0 Å². The van der Waals surface area contributed by atoms with Crippen LogP contribution < -0.4 is 5.32 Å². The summed E-state index contributed by atoms with van der Waals surface area (Å²) < 4.78 is 16.7. The Balaban J connectivity index is 4.34. The number of carbonyl (C=O) groups excluding carboxylic acids is 3. The number of alkyl carbamates (subject to hydrolysis) is 1. The third-order valence-electron chi connectivity index (χ3n) is 8.49. The lowest BCUT2D eigenvalue weighted by Gasteiger charge is -2.19. The standard InChI is InChI=1S/C38H75N3O6/c1-6-8-10-12-18-27-36(42)45-33-22-14-16-25-35(26-17-15-23-34-46-37(43)28-19-13-11-9-7-2)47-38(44)39-29-24-32-41(5)31-21-20-30-40(3)4/h35H,6-34H2,1-5H3,(H,39,44). The molecule has 9 heteroatoms. The fourth-order valence-corrected chi connectivity index (χ4v) is 5.48. The highest BCUT2D eigenvalue weighted by Crippen LogP contribution is 2.16. The quantitative estimate of drug-likeness (QED) is 0.0413. The van der Waals surface area contributed by atoms with Gasteiger partial charge in [0.05, 0.1) is 13.2 Å². The molecule has 0 fully saturated rings. The Bertz CT molecular complexity index is 698. The van der Waals surface area contributed by atoms with E-state index in [1.807, 2.05) is 0 Å². The van der Waals surface area contributed by atoms with Crippen LogP contribution in [0.1, 0.15) is 162 Å². The molecule has 0 aromatic rings. The fourth-order valence-electron chi connectivity index (χ4n) is 5.48. The van der Waals surface area contributed by atoms with Crippen LogP contribution in [0.3, 0.4) is 0 Å². The molecule has 0 aliphatic rings. The van der Waals surface area contributed by atoms with Crippen LogP contribution in [0.5, 0.6) is 0 Å². The Labute approximate surface area is 289 Å². The Kier molecular flexibility index (Phi) is 32.7. The first-order valence-corrected chi connectivity index (χ1v) is 19.4. The molecule has 0 aromatic heterocycles. The van der Waals surface area contributed by atoms with Crippen LogP contribution in [0.15, 0.2) is 0 Å². The van der Waals surface area contributed by atoms with Gasteiger partial charge in [-0.25, -0.2) is 4.79 Å². The maximum absolute atomic E-state index is 12.6. The summed E-state index contributed by atoms with van der Waals surface area (Å²) >= 11 is 0. The summed E-state index contributed by atoms with van der Waals surface area (Å²) in [7, 11) is 6.34. The third-order valence-corrected chi connectivity index (χ3v) is 8.49. The van der Waals surface area contributed by atoms with Gasteiger partial charge in [0.1, 0.15) is 6.10 Å². The van der Waals surface area contributed by atoms with E-state index in [2.05, 4.69) is 50.1 Å². The Morgan fingerprint density at radius 3 is 1.53 bits per heavy atom. The largest absolute Gasteiger partial charge is 0.466 e. The highest BCUT2D eigenvalue weighted by Gasteiger charge is 2.15. The maximum Gasteiger partial charge on any atom is 0.407 e. The minimum atomic E-state index is -0.343. The van der Waals surface area contributed by atoms with Crippen LogP contribution >= 0.6 is 0 Å². The van der Waals surface area contributed by atoms with Crippen molar-refractivity contribution in [3.8, 4) is 0 Å². The molecule has 0 saturated carbocycles. The molecule has 0 aliphatic carbocycles. The van der Waals surface area contributed by atoms with E-state index in [1.54, 1.807) is 0 Å². The van der Waals surface area contributed by atoms with Crippen LogP contribution in [0.2, 0.25) is 0 Å². The normalized spacial score (nSPS) is 11.4. The van der Waals surface area contributed by atoms with Crippen molar-refractivity contribution in [2.24, 2.45) is 0 Å². The second kappa shape index (κ2) is 34.0.